The molecule has 0 amide bonds. The molecule has 33 heavy (non-hydrogen) atoms. The Kier molecular flexibility index (Phi) is 5.58. The lowest BCUT2D eigenvalue weighted by molar-refractivity contribution is -0.0728. The second kappa shape index (κ2) is 8.86. The Morgan fingerprint density at radius 1 is 0.788 bits per heavy atom. The van der Waals surface area contributed by atoms with Crippen LogP contribution in [0, 0.1) is 5.92 Å². The van der Waals surface area contributed by atoms with Gasteiger partial charge in [-0.2, -0.15) is 0 Å². The van der Waals surface area contributed by atoms with Crippen molar-refractivity contribution in [2.24, 2.45) is 5.92 Å². The van der Waals surface area contributed by atoms with Gasteiger partial charge in [-0.05, 0) is 67.5 Å². The number of piperidine rings is 2. The SMILES string of the molecule is Clc1ccc(N2CCC(c3ccc(N4CCC(C5OC=CO5)CC4)cc3)CC2)c2[nH]ccc12. The normalized spacial score (nSPS) is 20.4. The monoisotopic (exact) mass is 463 g/mol. The third-order valence-electron chi connectivity index (χ3n) is 7.62. The van der Waals surface area contributed by atoms with E-state index in [1.165, 1.54) is 29.8 Å². The van der Waals surface area contributed by atoms with E-state index in [1.807, 2.05) is 12.3 Å². The molecule has 1 N–H and O–H groups in total. The maximum atomic E-state index is 6.36. The summed E-state index contributed by atoms with van der Waals surface area (Å²) in [6.07, 6.45) is 9.77. The van der Waals surface area contributed by atoms with Crippen LogP contribution in [0.25, 0.3) is 10.9 Å². The lowest BCUT2D eigenvalue weighted by Crippen LogP contribution is -2.38. The molecule has 0 radical (unpaired) electrons. The van der Waals surface area contributed by atoms with Crippen molar-refractivity contribution < 1.29 is 9.47 Å². The number of nitrogens with zero attached hydrogens (tertiary/aromatic N) is 2. The summed E-state index contributed by atoms with van der Waals surface area (Å²) in [7, 11) is 0. The highest BCUT2D eigenvalue weighted by atomic mass is 35.5. The molecule has 0 saturated carbocycles. The van der Waals surface area contributed by atoms with Gasteiger partial charge in [-0.15, -0.1) is 0 Å². The summed E-state index contributed by atoms with van der Waals surface area (Å²) < 4.78 is 11.1. The predicted octanol–water partition coefficient (Wildman–Crippen LogP) is 6.27. The fourth-order valence-electron chi connectivity index (χ4n) is 5.68. The number of anilines is 2. The Morgan fingerprint density at radius 2 is 1.48 bits per heavy atom. The molecule has 4 heterocycles. The van der Waals surface area contributed by atoms with Crippen LogP contribution in [-0.2, 0) is 9.47 Å². The van der Waals surface area contributed by atoms with E-state index >= 15 is 0 Å². The van der Waals surface area contributed by atoms with Crippen LogP contribution in [0.1, 0.15) is 37.2 Å². The lowest BCUT2D eigenvalue weighted by Gasteiger charge is -2.36. The van der Waals surface area contributed by atoms with Gasteiger partial charge >= 0.3 is 0 Å². The maximum Gasteiger partial charge on any atom is 0.242 e. The van der Waals surface area contributed by atoms with E-state index in [0.717, 1.165) is 54.9 Å². The van der Waals surface area contributed by atoms with Gasteiger partial charge in [0.25, 0.3) is 0 Å². The molecule has 3 aliphatic rings. The van der Waals surface area contributed by atoms with Gasteiger partial charge in [0.1, 0.15) is 12.5 Å². The van der Waals surface area contributed by atoms with E-state index in [2.05, 4.69) is 51.2 Å². The van der Waals surface area contributed by atoms with Crippen molar-refractivity contribution in [3.05, 3.63) is 71.8 Å². The summed E-state index contributed by atoms with van der Waals surface area (Å²) in [6, 6.07) is 15.6. The Balaban J connectivity index is 1.06. The Morgan fingerprint density at radius 3 is 2.21 bits per heavy atom. The summed E-state index contributed by atoms with van der Waals surface area (Å²) >= 11 is 6.36. The van der Waals surface area contributed by atoms with Gasteiger partial charge in [-0.25, -0.2) is 0 Å². The number of fused-ring (bicyclic) bond motifs is 1. The third kappa shape index (κ3) is 4.04. The van der Waals surface area contributed by atoms with Gasteiger partial charge < -0.3 is 24.3 Å². The van der Waals surface area contributed by atoms with Crippen LogP contribution < -0.4 is 9.80 Å². The maximum absolute atomic E-state index is 6.36. The number of nitrogens with one attached hydrogen (secondary N) is 1. The minimum absolute atomic E-state index is 0.0821. The molecule has 5 nitrogen and oxygen atoms in total. The summed E-state index contributed by atoms with van der Waals surface area (Å²) in [5.74, 6) is 1.10. The van der Waals surface area contributed by atoms with Crippen molar-refractivity contribution in [3.63, 3.8) is 0 Å². The predicted molar refractivity (Wildman–Crippen MR) is 134 cm³/mol. The van der Waals surface area contributed by atoms with Gasteiger partial charge in [0, 0.05) is 49.4 Å². The number of benzene rings is 2. The smallest absolute Gasteiger partial charge is 0.242 e. The minimum Gasteiger partial charge on any atom is -0.459 e. The third-order valence-corrected chi connectivity index (χ3v) is 7.95. The molecule has 0 bridgehead atoms. The molecule has 0 unspecified atom stereocenters. The van der Waals surface area contributed by atoms with E-state index in [-0.39, 0.29) is 6.29 Å². The number of rotatable bonds is 4. The molecule has 3 aromatic rings. The molecule has 3 aliphatic heterocycles. The van der Waals surface area contributed by atoms with Gasteiger partial charge in [0.15, 0.2) is 0 Å². The zero-order chi connectivity index (χ0) is 22.2. The summed E-state index contributed by atoms with van der Waals surface area (Å²) in [4.78, 5) is 8.37. The molecule has 0 aliphatic carbocycles. The van der Waals surface area contributed by atoms with Crippen molar-refractivity contribution >= 4 is 33.9 Å². The fraction of sp³-hybridized carbons (Fsp3) is 0.407. The van der Waals surface area contributed by atoms with E-state index in [0.29, 0.717) is 11.8 Å². The number of halogens is 1. The highest BCUT2D eigenvalue weighted by Gasteiger charge is 2.30. The molecule has 172 valence electrons. The molecule has 2 aromatic carbocycles. The quantitative estimate of drug-likeness (QED) is 0.495. The van der Waals surface area contributed by atoms with Gasteiger partial charge in [0.2, 0.25) is 6.29 Å². The second-order valence-electron chi connectivity index (χ2n) is 9.42. The summed E-state index contributed by atoms with van der Waals surface area (Å²) in [6.45, 7) is 4.24. The molecule has 1 aromatic heterocycles. The zero-order valence-electron chi connectivity index (χ0n) is 18.8. The average Bonchev–Trinajstić information content (AvgIpc) is 3.58. The highest BCUT2D eigenvalue weighted by molar-refractivity contribution is 6.35. The molecule has 6 rings (SSSR count). The van der Waals surface area contributed by atoms with Gasteiger partial charge in [-0.1, -0.05) is 23.7 Å². The van der Waals surface area contributed by atoms with E-state index < -0.39 is 0 Å². The summed E-state index contributed by atoms with van der Waals surface area (Å²) in [5, 5.41) is 1.92. The number of hydrogen-bond donors (Lipinski definition) is 1. The van der Waals surface area contributed by atoms with Crippen LogP contribution in [0.3, 0.4) is 0 Å². The molecule has 0 spiro atoms. The first-order valence-electron chi connectivity index (χ1n) is 12.1. The van der Waals surface area contributed by atoms with Crippen molar-refractivity contribution in [1.82, 2.24) is 4.98 Å². The van der Waals surface area contributed by atoms with Gasteiger partial charge in [-0.3, -0.25) is 0 Å². The fourth-order valence-corrected chi connectivity index (χ4v) is 5.90. The largest absolute Gasteiger partial charge is 0.459 e. The highest BCUT2D eigenvalue weighted by Crippen LogP contribution is 2.36. The standard InChI is InChI=1S/C27H30ClN3O2/c28-24-5-6-25(26-23(24)7-12-29-26)31-15-8-20(9-16-31)19-1-3-22(4-2-19)30-13-10-21(11-14-30)27-32-17-18-33-27/h1-7,12,17-18,20-21,27,29H,8-11,13-16H2. The van der Waals surface area contributed by atoms with Gasteiger partial charge in [0.05, 0.1) is 16.2 Å². The number of aromatic amines is 1. The molecule has 0 atom stereocenters. The van der Waals surface area contributed by atoms with Crippen LogP contribution in [-0.4, -0.2) is 37.5 Å². The summed E-state index contributed by atoms with van der Waals surface area (Å²) in [5.41, 5.74) is 5.21. The van der Waals surface area contributed by atoms with Crippen LogP contribution in [0.5, 0.6) is 0 Å². The first-order chi connectivity index (χ1) is 16.3. The Bertz CT molecular complexity index is 1120. The molecule has 2 saturated heterocycles. The van der Waals surface area contributed by atoms with E-state index in [4.69, 9.17) is 21.1 Å². The number of hydrogen-bond acceptors (Lipinski definition) is 4. The van der Waals surface area contributed by atoms with Crippen molar-refractivity contribution in [2.45, 2.75) is 37.9 Å². The Hall–Kier alpha value is -2.79. The zero-order valence-corrected chi connectivity index (χ0v) is 19.5. The molecule has 2 fully saturated rings. The molecule has 6 heteroatoms. The first-order valence-corrected chi connectivity index (χ1v) is 12.5. The average molecular weight is 464 g/mol. The van der Waals surface area contributed by atoms with Crippen molar-refractivity contribution in [3.8, 4) is 0 Å². The second-order valence-corrected chi connectivity index (χ2v) is 9.83. The van der Waals surface area contributed by atoms with Crippen molar-refractivity contribution in [2.75, 3.05) is 36.0 Å². The number of ether oxygens (including phenoxy) is 2. The first kappa shape index (κ1) is 20.8. The van der Waals surface area contributed by atoms with E-state index in [9.17, 15) is 0 Å². The van der Waals surface area contributed by atoms with Crippen LogP contribution in [0.4, 0.5) is 11.4 Å². The van der Waals surface area contributed by atoms with Crippen LogP contribution in [0.2, 0.25) is 5.02 Å². The molecular weight excluding hydrogens is 434 g/mol. The van der Waals surface area contributed by atoms with Crippen LogP contribution >= 0.6 is 11.6 Å². The van der Waals surface area contributed by atoms with Crippen LogP contribution in [0.15, 0.2) is 61.2 Å². The number of H-pyrrole nitrogens is 1. The Labute approximate surface area is 199 Å². The lowest BCUT2D eigenvalue weighted by atomic mass is 9.89. The van der Waals surface area contributed by atoms with E-state index in [1.54, 1.807) is 12.5 Å². The molecular formula is C27H30ClN3O2. The minimum atomic E-state index is -0.0821. The van der Waals surface area contributed by atoms with Crippen molar-refractivity contribution in [1.29, 1.82) is 0 Å². The topological polar surface area (TPSA) is 40.7 Å². The number of aromatic nitrogens is 1.